The summed E-state index contributed by atoms with van der Waals surface area (Å²) < 4.78 is 0. The summed E-state index contributed by atoms with van der Waals surface area (Å²) in [6.07, 6.45) is 1.77. The van der Waals surface area contributed by atoms with Crippen LogP contribution >= 0.6 is 11.3 Å². The highest BCUT2D eigenvalue weighted by Crippen LogP contribution is 2.24. The monoisotopic (exact) mass is 299 g/mol. The first-order valence-corrected chi connectivity index (χ1v) is 7.73. The standard InChI is InChI=1S/C16H17N3OS/c1-9-4-5-11-12(7-18-13(11)6-9)15(20)16-19-14(8-21-16)10(2)17-3/h4-8,10,17-18H,1-3H3. The Kier molecular flexibility index (Phi) is 3.61. The van der Waals surface area contributed by atoms with Crippen LogP contribution in [-0.4, -0.2) is 22.8 Å². The van der Waals surface area contributed by atoms with Crippen LogP contribution in [0.15, 0.2) is 29.8 Å². The second kappa shape index (κ2) is 5.42. The molecule has 0 aliphatic heterocycles. The Bertz CT molecular complexity index is 803. The van der Waals surface area contributed by atoms with Crippen molar-refractivity contribution >= 4 is 28.0 Å². The Morgan fingerprint density at radius 2 is 2.24 bits per heavy atom. The zero-order chi connectivity index (χ0) is 15.0. The van der Waals surface area contributed by atoms with Gasteiger partial charge >= 0.3 is 0 Å². The molecule has 1 atom stereocenters. The molecule has 3 aromatic rings. The fourth-order valence-electron chi connectivity index (χ4n) is 2.28. The lowest BCUT2D eigenvalue weighted by Crippen LogP contribution is -2.13. The van der Waals surface area contributed by atoms with E-state index in [9.17, 15) is 4.79 Å². The van der Waals surface area contributed by atoms with Crippen molar-refractivity contribution in [2.24, 2.45) is 0 Å². The van der Waals surface area contributed by atoms with E-state index >= 15 is 0 Å². The Balaban J connectivity index is 1.98. The second-order valence-electron chi connectivity index (χ2n) is 5.17. The van der Waals surface area contributed by atoms with Crippen LogP contribution in [0.3, 0.4) is 0 Å². The molecule has 0 saturated carbocycles. The molecule has 2 aromatic heterocycles. The molecule has 21 heavy (non-hydrogen) atoms. The highest BCUT2D eigenvalue weighted by molar-refractivity contribution is 7.12. The minimum atomic E-state index is -0.0235. The van der Waals surface area contributed by atoms with Crippen molar-refractivity contribution in [3.8, 4) is 0 Å². The van der Waals surface area contributed by atoms with Crippen LogP contribution in [-0.2, 0) is 0 Å². The average molecular weight is 299 g/mol. The molecule has 0 aliphatic rings. The van der Waals surface area contributed by atoms with Crippen LogP contribution in [0.25, 0.3) is 10.9 Å². The maximum atomic E-state index is 12.6. The number of aryl methyl sites for hydroxylation is 1. The van der Waals surface area contributed by atoms with Gasteiger partial charge in [-0.3, -0.25) is 4.79 Å². The number of hydrogen-bond donors (Lipinski definition) is 2. The average Bonchev–Trinajstić information content (AvgIpc) is 3.12. The lowest BCUT2D eigenvalue weighted by molar-refractivity contribution is 0.103. The summed E-state index contributed by atoms with van der Waals surface area (Å²) in [7, 11) is 1.88. The van der Waals surface area contributed by atoms with E-state index in [-0.39, 0.29) is 11.8 Å². The molecule has 3 rings (SSSR count). The maximum absolute atomic E-state index is 12.6. The largest absolute Gasteiger partial charge is 0.360 e. The lowest BCUT2D eigenvalue weighted by atomic mass is 10.1. The number of nitrogens with zero attached hydrogens (tertiary/aromatic N) is 1. The molecule has 0 radical (unpaired) electrons. The minimum Gasteiger partial charge on any atom is -0.360 e. The Hall–Kier alpha value is -1.98. The Morgan fingerprint density at radius 1 is 1.43 bits per heavy atom. The zero-order valence-corrected chi connectivity index (χ0v) is 13.0. The minimum absolute atomic E-state index is 0.0235. The third-order valence-corrected chi connectivity index (χ3v) is 4.53. The van der Waals surface area contributed by atoms with Crippen LogP contribution in [0, 0.1) is 6.92 Å². The number of rotatable bonds is 4. The van der Waals surface area contributed by atoms with Gasteiger partial charge < -0.3 is 10.3 Å². The molecule has 0 spiro atoms. The Labute approximate surface area is 127 Å². The van der Waals surface area contributed by atoms with E-state index in [1.165, 1.54) is 16.9 Å². The maximum Gasteiger partial charge on any atom is 0.223 e. The Morgan fingerprint density at radius 3 is 3.00 bits per heavy atom. The predicted octanol–water partition coefficient (Wildman–Crippen LogP) is 3.44. The SMILES string of the molecule is CNC(C)c1csc(C(=O)c2c[nH]c3cc(C)ccc23)n1. The van der Waals surface area contributed by atoms with Crippen LogP contribution in [0.5, 0.6) is 0 Å². The van der Waals surface area contributed by atoms with E-state index in [0.29, 0.717) is 10.6 Å². The van der Waals surface area contributed by atoms with Gasteiger partial charge in [-0.15, -0.1) is 11.3 Å². The van der Waals surface area contributed by atoms with Gasteiger partial charge in [0.05, 0.1) is 11.3 Å². The first-order chi connectivity index (χ1) is 10.1. The third-order valence-electron chi connectivity index (χ3n) is 3.67. The van der Waals surface area contributed by atoms with E-state index in [1.807, 2.05) is 44.5 Å². The van der Waals surface area contributed by atoms with Gasteiger partial charge in [0.15, 0.2) is 5.01 Å². The van der Waals surface area contributed by atoms with E-state index in [4.69, 9.17) is 0 Å². The van der Waals surface area contributed by atoms with Crippen LogP contribution in [0.4, 0.5) is 0 Å². The van der Waals surface area contributed by atoms with Crippen molar-refractivity contribution in [1.29, 1.82) is 0 Å². The molecule has 0 amide bonds. The van der Waals surface area contributed by atoms with Crippen molar-refractivity contribution in [2.45, 2.75) is 19.9 Å². The number of carbonyl (C=O) groups excluding carboxylic acids is 1. The van der Waals surface area contributed by atoms with Gasteiger partial charge in [0.25, 0.3) is 0 Å². The van der Waals surface area contributed by atoms with Gasteiger partial charge in [-0.1, -0.05) is 12.1 Å². The normalized spacial score (nSPS) is 12.7. The quantitative estimate of drug-likeness (QED) is 0.726. The number of aromatic amines is 1. The number of benzene rings is 1. The van der Waals surface area contributed by atoms with Crippen molar-refractivity contribution in [3.63, 3.8) is 0 Å². The number of hydrogen-bond acceptors (Lipinski definition) is 4. The molecule has 1 aromatic carbocycles. The van der Waals surface area contributed by atoms with Crippen LogP contribution < -0.4 is 5.32 Å². The molecule has 1 unspecified atom stereocenters. The molecule has 0 fully saturated rings. The zero-order valence-electron chi connectivity index (χ0n) is 12.2. The van der Waals surface area contributed by atoms with Crippen molar-refractivity contribution < 1.29 is 4.79 Å². The van der Waals surface area contributed by atoms with E-state index in [0.717, 1.165) is 16.6 Å². The van der Waals surface area contributed by atoms with Gasteiger partial charge in [-0.2, -0.15) is 0 Å². The van der Waals surface area contributed by atoms with Crippen molar-refractivity contribution in [1.82, 2.24) is 15.3 Å². The molecule has 108 valence electrons. The van der Waals surface area contributed by atoms with Gasteiger partial charge in [-0.25, -0.2) is 4.98 Å². The van der Waals surface area contributed by atoms with Crippen LogP contribution in [0.2, 0.25) is 0 Å². The third kappa shape index (κ3) is 2.50. The number of ketones is 1. The molecular formula is C16H17N3OS. The molecule has 4 nitrogen and oxygen atoms in total. The van der Waals surface area contributed by atoms with E-state index in [1.54, 1.807) is 6.20 Å². The number of nitrogens with one attached hydrogen (secondary N) is 2. The van der Waals surface area contributed by atoms with Crippen molar-refractivity contribution in [2.75, 3.05) is 7.05 Å². The topological polar surface area (TPSA) is 57.8 Å². The van der Waals surface area contributed by atoms with Crippen LogP contribution in [0.1, 0.15) is 39.6 Å². The van der Waals surface area contributed by atoms with Gasteiger partial charge in [0.1, 0.15) is 0 Å². The summed E-state index contributed by atoms with van der Waals surface area (Å²) in [5.74, 6) is -0.0235. The fraction of sp³-hybridized carbons (Fsp3) is 0.250. The summed E-state index contributed by atoms with van der Waals surface area (Å²) in [4.78, 5) is 20.3. The van der Waals surface area contributed by atoms with Gasteiger partial charge in [-0.05, 0) is 32.5 Å². The molecule has 2 heterocycles. The number of fused-ring (bicyclic) bond motifs is 1. The summed E-state index contributed by atoms with van der Waals surface area (Å²) >= 11 is 1.40. The summed E-state index contributed by atoms with van der Waals surface area (Å²) in [6, 6.07) is 6.19. The summed E-state index contributed by atoms with van der Waals surface area (Å²) in [5, 5.41) is 6.55. The van der Waals surface area contributed by atoms with Gasteiger partial charge in [0, 0.05) is 28.5 Å². The number of carbonyl (C=O) groups is 1. The molecule has 2 N–H and O–H groups in total. The smallest absolute Gasteiger partial charge is 0.223 e. The van der Waals surface area contributed by atoms with Crippen molar-refractivity contribution in [3.05, 3.63) is 51.6 Å². The van der Waals surface area contributed by atoms with E-state index in [2.05, 4.69) is 15.3 Å². The summed E-state index contributed by atoms with van der Waals surface area (Å²) in [6.45, 7) is 4.06. The molecule has 0 bridgehead atoms. The first kappa shape index (κ1) is 14.0. The number of H-pyrrole nitrogens is 1. The number of thiazole rings is 1. The first-order valence-electron chi connectivity index (χ1n) is 6.85. The summed E-state index contributed by atoms with van der Waals surface area (Å²) in [5.41, 5.74) is 3.74. The predicted molar refractivity (Wildman–Crippen MR) is 86.1 cm³/mol. The van der Waals surface area contributed by atoms with E-state index < -0.39 is 0 Å². The molecular weight excluding hydrogens is 282 g/mol. The molecule has 0 aliphatic carbocycles. The lowest BCUT2D eigenvalue weighted by Gasteiger charge is -2.04. The molecule has 5 heteroatoms. The van der Waals surface area contributed by atoms with Gasteiger partial charge in [0.2, 0.25) is 5.78 Å². The number of aromatic nitrogens is 2. The fourth-order valence-corrected chi connectivity index (χ4v) is 3.14. The second-order valence-corrected chi connectivity index (χ2v) is 6.03. The molecule has 0 saturated heterocycles. The highest BCUT2D eigenvalue weighted by atomic mass is 32.1. The highest BCUT2D eigenvalue weighted by Gasteiger charge is 2.18.